The van der Waals surface area contributed by atoms with E-state index in [0.717, 1.165) is 18.0 Å². The minimum Gasteiger partial charge on any atom is -0.486 e. The molecule has 1 heterocycles. The third kappa shape index (κ3) is 3.66. The van der Waals surface area contributed by atoms with Crippen LogP contribution >= 0.6 is 0 Å². The largest absolute Gasteiger partial charge is 0.486 e. The van der Waals surface area contributed by atoms with Crippen LogP contribution in [-0.2, 0) is 0 Å². The van der Waals surface area contributed by atoms with Gasteiger partial charge in [-0.3, -0.25) is 0 Å². The first kappa shape index (κ1) is 15.2. The third-order valence-electron chi connectivity index (χ3n) is 4.27. The van der Waals surface area contributed by atoms with Crippen LogP contribution in [-0.4, -0.2) is 19.8 Å². The lowest BCUT2D eigenvalue weighted by atomic mass is 9.82. The number of hydrogen-bond donors (Lipinski definition) is 1. The van der Waals surface area contributed by atoms with Gasteiger partial charge in [0.1, 0.15) is 13.2 Å². The molecule has 20 heavy (non-hydrogen) atoms. The number of ether oxygens (including phenoxy) is 2. The van der Waals surface area contributed by atoms with Gasteiger partial charge in [-0.2, -0.15) is 0 Å². The SMILES string of the molecule is CC(NCC(C)C(C)(C)C)c1ccc2c(c1)OCCO2. The van der Waals surface area contributed by atoms with E-state index in [9.17, 15) is 0 Å². The normalized spacial score (nSPS) is 17.6. The zero-order valence-electron chi connectivity index (χ0n) is 13.3. The number of fused-ring (bicyclic) bond motifs is 1. The molecular formula is C17H27NO2. The third-order valence-corrected chi connectivity index (χ3v) is 4.27. The van der Waals surface area contributed by atoms with Crippen LogP contribution in [0.25, 0.3) is 0 Å². The molecule has 0 amide bonds. The first-order chi connectivity index (χ1) is 9.38. The van der Waals surface area contributed by atoms with Crippen LogP contribution in [0.2, 0.25) is 0 Å². The van der Waals surface area contributed by atoms with E-state index in [2.05, 4.69) is 52.1 Å². The highest BCUT2D eigenvalue weighted by Gasteiger charge is 2.21. The van der Waals surface area contributed by atoms with Crippen molar-refractivity contribution in [3.8, 4) is 11.5 Å². The average molecular weight is 277 g/mol. The zero-order valence-corrected chi connectivity index (χ0v) is 13.3. The van der Waals surface area contributed by atoms with Crippen molar-refractivity contribution in [2.45, 2.75) is 40.7 Å². The summed E-state index contributed by atoms with van der Waals surface area (Å²) in [6, 6.07) is 6.53. The summed E-state index contributed by atoms with van der Waals surface area (Å²) in [6.07, 6.45) is 0. The van der Waals surface area contributed by atoms with Crippen molar-refractivity contribution in [1.29, 1.82) is 0 Å². The summed E-state index contributed by atoms with van der Waals surface area (Å²) in [6.45, 7) is 13.6. The van der Waals surface area contributed by atoms with Crippen molar-refractivity contribution in [3.63, 3.8) is 0 Å². The lowest BCUT2D eigenvalue weighted by Gasteiger charge is -2.29. The highest BCUT2D eigenvalue weighted by Crippen LogP contribution is 2.33. The molecule has 1 aliphatic rings. The second-order valence-corrected chi connectivity index (χ2v) is 6.80. The average Bonchev–Trinajstić information content (AvgIpc) is 2.42. The molecule has 1 aromatic rings. The molecule has 0 spiro atoms. The minimum atomic E-state index is 0.315. The van der Waals surface area contributed by atoms with E-state index in [1.54, 1.807) is 0 Å². The lowest BCUT2D eigenvalue weighted by molar-refractivity contribution is 0.171. The Labute approximate surface area is 122 Å². The number of nitrogens with one attached hydrogen (secondary N) is 1. The van der Waals surface area contributed by atoms with Crippen molar-refractivity contribution >= 4 is 0 Å². The van der Waals surface area contributed by atoms with E-state index in [0.29, 0.717) is 30.6 Å². The van der Waals surface area contributed by atoms with Gasteiger partial charge in [0.2, 0.25) is 0 Å². The van der Waals surface area contributed by atoms with Crippen molar-refractivity contribution in [2.24, 2.45) is 11.3 Å². The Kier molecular flexibility index (Phi) is 4.59. The van der Waals surface area contributed by atoms with E-state index in [1.807, 2.05) is 6.07 Å². The topological polar surface area (TPSA) is 30.5 Å². The van der Waals surface area contributed by atoms with Gasteiger partial charge in [-0.25, -0.2) is 0 Å². The van der Waals surface area contributed by atoms with Crippen LogP contribution in [0.1, 0.15) is 46.2 Å². The predicted octanol–water partition coefficient (Wildman–Crippen LogP) is 3.79. The molecule has 2 unspecified atom stereocenters. The van der Waals surface area contributed by atoms with Crippen LogP contribution in [0.4, 0.5) is 0 Å². The minimum absolute atomic E-state index is 0.315. The van der Waals surface area contributed by atoms with Crippen LogP contribution < -0.4 is 14.8 Å². The first-order valence-electron chi connectivity index (χ1n) is 7.51. The van der Waals surface area contributed by atoms with Gasteiger partial charge in [-0.1, -0.05) is 33.8 Å². The molecule has 1 aromatic carbocycles. The Morgan fingerprint density at radius 2 is 1.75 bits per heavy atom. The molecule has 0 saturated heterocycles. The number of hydrogen-bond acceptors (Lipinski definition) is 3. The van der Waals surface area contributed by atoms with E-state index in [4.69, 9.17) is 9.47 Å². The lowest BCUT2D eigenvalue weighted by Crippen LogP contribution is -2.31. The fourth-order valence-corrected chi connectivity index (χ4v) is 2.11. The summed E-state index contributed by atoms with van der Waals surface area (Å²) in [5.41, 5.74) is 1.58. The fraction of sp³-hybridized carbons (Fsp3) is 0.647. The van der Waals surface area contributed by atoms with E-state index in [-0.39, 0.29) is 0 Å². The summed E-state index contributed by atoms with van der Waals surface area (Å²) < 4.78 is 11.2. The summed E-state index contributed by atoms with van der Waals surface area (Å²) in [5, 5.41) is 3.62. The van der Waals surface area contributed by atoms with Crippen molar-refractivity contribution < 1.29 is 9.47 Å². The maximum absolute atomic E-state index is 5.64. The fourth-order valence-electron chi connectivity index (χ4n) is 2.11. The Hall–Kier alpha value is -1.22. The van der Waals surface area contributed by atoms with Gasteiger partial charge in [0.15, 0.2) is 11.5 Å². The van der Waals surface area contributed by atoms with Crippen LogP contribution in [0.5, 0.6) is 11.5 Å². The van der Waals surface area contributed by atoms with Gasteiger partial charge in [0.05, 0.1) is 0 Å². The van der Waals surface area contributed by atoms with Crippen molar-refractivity contribution in [1.82, 2.24) is 5.32 Å². The van der Waals surface area contributed by atoms with Gasteiger partial charge in [0, 0.05) is 6.04 Å². The molecule has 1 aliphatic heterocycles. The summed E-state index contributed by atoms with van der Waals surface area (Å²) in [5.74, 6) is 2.35. The molecule has 0 aromatic heterocycles. The Morgan fingerprint density at radius 3 is 2.40 bits per heavy atom. The monoisotopic (exact) mass is 277 g/mol. The zero-order chi connectivity index (χ0) is 14.8. The molecule has 3 heteroatoms. The molecule has 112 valence electrons. The van der Waals surface area contributed by atoms with E-state index < -0.39 is 0 Å². The summed E-state index contributed by atoms with van der Waals surface area (Å²) in [7, 11) is 0. The molecule has 0 bridgehead atoms. The molecule has 2 atom stereocenters. The molecular weight excluding hydrogens is 250 g/mol. The molecule has 0 radical (unpaired) electrons. The van der Waals surface area contributed by atoms with E-state index in [1.165, 1.54) is 5.56 Å². The number of rotatable bonds is 4. The van der Waals surface area contributed by atoms with Gasteiger partial charge < -0.3 is 14.8 Å². The van der Waals surface area contributed by atoms with Crippen LogP contribution in [0.3, 0.4) is 0 Å². The molecule has 3 nitrogen and oxygen atoms in total. The smallest absolute Gasteiger partial charge is 0.161 e. The molecule has 0 aliphatic carbocycles. The van der Waals surface area contributed by atoms with Crippen LogP contribution in [0, 0.1) is 11.3 Å². The Morgan fingerprint density at radius 1 is 1.10 bits per heavy atom. The Bertz CT molecular complexity index is 451. The second-order valence-electron chi connectivity index (χ2n) is 6.80. The van der Waals surface area contributed by atoms with Gasteiger partial charge in [-0.15, -0.1) is 0 Å². The Balaban J connectivity index is 1.97. The molecule has 0 saturated carbocycles. The van der Waals surface area contributed by atoms with Crippen molar-refractivity contribution in [2.75, 3.05) is 19.8 Å². The standard InChI is InChI=1S/C17H27NO2/c1-12(17(3,4)5)11-18-13(2)14-6-7-15-16(10-14)20-9-8-19-15/h6-7,10,12-13,18H,8-9,11H2,1-5H3. The maximum Gasteiger partial charge on any atom is 0.161 e. The van der Waals surface area contributed by atoms with Crippen LogP contribution in [0.15, 0.2) is 18.2 Å². The molecule has 2 rings (SSSR count). The summed E-state index contributed by atoms with van der Waals surface area (Å²) in [4.78, 5) is 0. The van der Waals surface area contributed by atoms with E-state index >= 15 is 0 Å². The quantitative estimate of drug-likeness (QED) is 0.908. The van der Waals surface area contributed by atoms with Crippen molar-refractivity contribution in [3.05, 3.63) is 23.8 Å². The van der Waals surface area contributed by atoms with Gasteiger partial charge in [0.25, 0.3) is 0 Å². The molecule has 1 N–H and O–H groups in total. The van der Waals surface area contributed by atoms with Gasteiger partial charge in [-0.05, 0) is 42.5 Å². The first-order valence-corrected chi connectivity index (χ1v) is 7.51. The predicted molar refractivity (Wildman–Crippen MR) is 82.5 cm³/mol. The summed E-state index contributed by atoms with van der Waals surface area (Å²) >= 11 is 0. The highest BCUT2D eigenvalue weighted by molar-refractivity contribution is 5.44. The number of benzene rings is 1. The second kappa shape index (κ2) is 6.04. The maximum atomic E-state index is 5.64. The van der Waals surface area contributed by atoms with Gasteiger partial charge >= 0.3 is 0 Å². The molecule has 0 fully saturated rings. The highest BCUT2D eigenvalue weighted by atomic mass is 16.6.